The molecule has 0 saturated heterocycles. The average molecular weight is 492 g/mol. The number of carboxylic acid groups (broad SMARTS) is 1. The van der Waals surface area contributed by atoms with Gasteiger partial charge in [-0.05, 0) is 104 Å². The van der Waals surface area contributed by atoms with E-state index in [-0.39, 0.29) is 47.3 Å². The molecule has 4 aliphatic rings. The van der Waals surface area contributed by atoms with Crippen LogP contribution >= 0.6 is 0 Å². The van der Waals surface area contributed by atoms with Crippen LogP contribution < -0.4 is 5.32 Å². The molecule has 1 amide bonds. The standard InChI is InChI=1S/C29H49NO5/c1-6-19-23-14-18(31)9-11-29(23,5)22-10-12-28(4)20(7-8-21(28)25(22)26(19)34)16(2)13-17(3)27(35)30-15-24(32)33/h16-23,25-26,31,34H,6-15H2,1-5H3,(H,30,35)(H,32,33)/t16-,17-,18+,19+,20+,21?,22?,23-,25?,26-,28+,29+/m0/s1. The van der Waals surface area contributed by atoms with E-state index in [2.05, 4.69) is 33.0 Å². The fourth-order valence-electron chi connectivity index (χ4n) is 10.1. The highest BCUT2D eigenvalue weighted by Crippen LogP contribution is 2.69. The van der Waals surface area contributed by atoms with Crippen molar-refractivity contribution in [2.24, 2.45) is 58.2 Å². The van der Waals surface area contributed by atoms with E-state index in [0.29, 0.717) is 35.5 Å². The van der Waals surface area contributed by atoms with Gasteiger partial charge < -0.3 is 20.6 Å². The van der Waals surface area contributed by atoms with Crippen LogP contribution in [0, 0.1) is 58.2 Å². The molecule has 4 rings (SSSR count). The molecule has 6 nitrogen and oxygen atoms in total. The van der Waals surface area contributed by atoms with Gasteiger partial charge in [-0.15, -0.1) is 0 Å². The Hall–Kier alpha value is -1.14. The fourth-order valence-corrected chi connectivity index (χ4v) is 10.1. The lowest BCUT2D eigenvalue weighted by atomic mass is 9.41. The molecule has 200 valence electrons. The van der Waals surface area contributed by atoms with Crippen molar-refractivity contribution in [2.75, 3.05) is 6.54 Å². The van der Waals surface area contributed by atoms with Gasteiger partial charge in [0, 0.05) is 5.92 Å². The Morgan fingerprint density at radius 3 is 2.29 bits per heavy atom. The van der Waals surface area contributed by atoms with Crippen LogP contribution in [0.1, 0.15) is 92.4 Å². The molecule has 0 heterocycles. The number of nitrogens with one attached hydrogen (secondary N) is 1. The largest absolute Gasteiger partial charge is 0.480 e. The molecule has 4 aliphatic carbocycles. The second-order valence-corrected chi connectivity index (χ2v) is 13.3. The number of rotatable bonds is 7. The van der Waals surface area contributed by atoms with Crippen molar-refractivity contribution in [2.45, 2.75) is 105 Å². The Morgan fingerprint density at radius 2 is 1.63 bits per heavy atom. The van der Waals surface area contributed by atoms with Gasteiger partial charge in [-0.3, -0.25) is 9.59 Å². The third kappa shape index (κ3) is 4.56. The SMILES string of the molecule is CC[C@H]1[C@H](O)C2C3CC[C@H]([C@@H](C)C[C@H](C)C(=O)NCC(=O)O)[C@@]3(C)CCC2[C@@]2(C)CC[C@@H](O)C[C@@H]12. The normalized spacial score (nSPS) is 46.6. The lowest BCUT2D eigenvalue weighted by Gasteiger charge is -2.64. The molecule has 0 radical (unpaired) electrons. The van der Waals surface area contributed by atoms with Crippen LogP contribution in [0.5, 0.6) is 0 Å². The molecule has 0 aromatic carbocycles. The molecule has 0 aromatic rings. The Kier molecular flexibility index (Phi) is 7.66. The molecule has 4 fully saturated rings. The molecular weight excluding hydrogens is 442 g/mol. The van der Waals surface area contributed by atoms with Crippen LogP contribution in [0.25, 0.3) is 0 Å². The van der Waals surface area contributed by atoms with Gasteiger partial charge >= 0.3 is 5.97 Å². The summed E-state index contributed by atoms with van der Waals surface area (Å²) in [5, 5.41) is 33.7. The van der Waals surface area contributed by atoms with Gasteiger partial charge in [0.1, 0.15) is 6.54 Å². The summed E-state index contributed by atoms with van der Waals surface area (Å²) in [5.74, 6) is 1.58. The first-order valence-electron chi connectivity index (χ1n) is 14.3. The maximum Gasteiger partial charge on any atom is 0.322 e. The van der Waals surface area contributed by atoms with Crippen molar-refractivity contribution in [3.05, 3.63) is 0 Å². The van der Waals surface area contributed by atoms with E-state index >= 15 is 0 Å². The van der Waals surface area contributed by atoms with E-state index < -0.39 is 5.97 Å². The van der Waals surface area contributed by atoms with Gasteiger partial charge in [-0.2, -0.15) is 0 Å². The van der Waals surface area contributed by atoms with Gasteiger partial charge in [-0.25, -0.2) is 0 Å². The summed E-state index contributed by atoms with van der Waals surface area (Å²) in [6.07, 6.45) is 8.71. The molecule has 0 aliphatic heterocycles. The van der Waals surface area contributed by atoms with Crippen molar-refractivity contribution >= 4 is 11.9 Å². The smallest absolute Gasteiger partial charge is 0.322 e. The summed E-state index contributed by atoms with van der Waals surface area (Å²) in [6.45, 7) is 11.0. The lowest BCUT2D eigenvalue weighted by Crippen LogP contribution is -2.62. The zero-order valence-corrected chi connectivity index (χ0v) is 22.5. The topological polar surface area (TPSA) is 107 Å². The van der Waals surface area contributed by atoms with E-state index in [0.717, 1.165) is 51.4 Å². The Labute approximate surface area is 211 Å². The minimum absolute atomic E-state index is 0.172. The van der Waals surface area contributed by atoms with Crippen LogP contribution in [0.2, 0.25) is 0 Å². The second-order valence-electron chi connectivity index (χ2n) is 13.3. The van der Waals surface area contributed by atoms with Crippen molar-refractivity contribution < 1.29 is 24.9 Å². The van der Waals surface area contributed by atoms with Crippen molar-refractivity contribution in [1.82, 2.24) is 5.32 Å². The maximum absolute atomic E-state index is 12.4. The molecule has 3 unspecified atom stereocenters. The van der Waals surface area contributed by atoms with Crippen molar-refractivity contribution in [3.8, 4) is 0 Å². The van der Waals surface area contributed by atoms with E-state index in [1.807, 2.05) is 6.92 Å². The highest BCUT2D eigenvalue weighted by atomic mass is 16.4. The summed E-state index contributed by atoms with van der Waals surface area (Å²) >= 11 is 0. The van der Waals surface area contributed by atoms with Crippen LogP contribution in [0.15, 0.2) is 0 Å². The van der Waals surface area contributed by atoms with Crippen LogP contribution in [-0.4, -0.2) is 45.9 Å². The Morgan fingerprint density at radius 1 is 0.971 bits per heavy atom. The van der Waals surface area contributed by atoms with Gasteiger partial charge in [0.2, 0.25) is 5.91 Å². The highest BCUT2D eigenvalue weighted by molar-refractivity contribution is 5.82. The van der Waals surface area contributed by atoms with Gasteiger partial charge in [0.15, 0.2) is 0 Å². The van der Waals surface area contributed by atoms with E-state index in [1.165, 1.54) is 6.42 Å². The molecule has 4 saturated carbocycles. The van der Waals surface area contributed by atoms with Crippen LogP contribution in [-0.2, 0) is 9.59 Å². The first-order chi connectivity index (χ1) is 16.4. The number of amides is 1. The minimum Gasteiger partial charge on any atom is -0.480 e. The van der Waals surface area contributed by atoms with Gasteiger partial charge in [0.25, 0.3) is 0 Å². The third-order valence-electron chi connectivity index (χ3n) is 11.7. The molecule has 0 spiro atoms. The number of aliphatic hydroxyl groups excluding tert-OH is 2. The summed E-state index contributed by atoms with van der Waals surface area (Å²) in [6, 6.07) is 0. The van der Waals surface area contributed by atoms with Crippen LogP contribution in [0.3, 0.4) is 0 Å². The van der Waals surface area contributed by atoms with Crippen molar-refractivity contribution in [3.63, 3.8) is 0 Å². The second kappa shape index (κ2) is 9.96. The van der Waals surface area contributed by atoms with Crippen LogP contribution in [0.4, 0.5) is 0 Å². The number of carbonyl (C=O) groups excluding carboxylic acids is 1. The number of hydrogen-bond donors (Lipinski definition) is 4. The molecule has 0 aromatic heterocycles. The number of carboxylic acids is 1. The van der Waals surface area contributed by atoms with E-state index in [4.69, 9.17) is 5.11 Å². The highest BCUT2D eigenvalue weighted by Gasteiger charge is 2.64. The number of fused-ring (bicyclic) bond motifs is 5. The van der Waals surface area contributed by atoms with Gasteiger partial charge in [0.05, 0.1) is 12.2 Å². The third-order valence-corrected chi connectivity index (χ3v) is 11.7. The maximum atomic E-state index is 12.4. The predicted octanol–water partition coefficient (Wildman–Crippen LogP) is 4.48. The zero-order chi connectivity index (χ0) is 25.7. The van der Waals surface area contributed by atoms with Gasteiger partial charge in [-0.1, -0.05) is 41.0 Å². The Bertz CT molecular complexity index is 802. The average Bonchev–Trinajstić information content (AvgIpc) is 3.16. The minimum atomic E-state index is -1.01. The monoisotopic (exact) mass is 491 g/mol. The molecule has 0 bridgehead atoms. The molecule has 4 N–H and O–H groups in total. The number of aliphatic carboxylic acids is 1. The summed E-state index contributed by atoms with van der Waals surface area (Å²) in [4.78, 5) is 23.3. The summed E-state index contributed by atoms with van der Waals surface area (Å²) in [7, 11) is 0. The number of carbonyl (C=O) groups is 2. The van der Waals surface area contributed by atoms with E-state index in [1.54, 1.807) is 0 Å². The quantitative estimate of drug-likeness (QED) is 0.420. The number of hydrogen-bond acceptors (Lipinski definition) is 4. The lowest BCUT2D eigenvalue weighted by molar-refractivity contribution is -0.203. The first kappa shape index (κ1) is 26.9. The summed E-state index contributed by atoms with van der Waals surface area (Å²) < 4.78 is 0. The predicted molar refractivity (Wildman–Crippen MR) is 135 cm³/mol. The summed E-state index contributed by atoms with van der Waals surface area (Å²) in [5.41, 5.74) is 0.389. The number of aliphatic hydroxyl groups is 2. The first-order valence-corrected chi connectivity index (χ1v) is 14.3. The molecule has 6 heteroatoms. The zero-order valence-electron chi connectivity index (χ0n) is 22.5. The molecule has 35 heavy (non-hydrogen) atoms. The van der Waals surface area contributed by atoms with Crippen molar-refractivity contribution in [1.29, 1.82) is 0 Å². The fraction of sp³-hybridized carbons (Fsp3) is 0.931. The Balaban J connectivity index is 1.52. The van der Waals surface area contributed by atoms with E-state index in [9.17, 15) is 19.8 Å². The molecular formula is C29H49NO5. The molecule has 12 atom stereocenters.